The summed E-state index contributed by atoms with van der Waals surface area (Å²) in [6.07, 6.45) is 3.52. The summed E-state index contributed by atoms with van der Waals surface area (Å²) in [5.41, 5.74) is 7.22. The highest BCUT2D eigenvalue weighted by atomic mass is 16.5. The number of ether oxygens (including phenoxy) is 4. The summed E-state index contributed by atoms with van der Waals surface area (Å²) in [5.74, 6) is 3.39. The lowest BCUT2D eigenvalue weighted by molar-refractivity contribution is -0.923. The summed E-state index contributed by atoms with van der Waals surface area (Å²) in [6.45, 7) is 2.02. The molecule has 2 atom stereocenters. The predicted molar refractivity (Wildman–Crippen MR) is 183 cm³/mol. The molecule has 47 heavy (non-hydrogen) atoms. The number of phenols is 2. The molecule has 4 aromatic rings. The van der Waals surface area contributed by atoms with Gasteiger partial charge in [0, 0.05) is 36.8 Å². The number of methoxy groups -OCH3 is 3. The van der Waals surface area contributed by atoms with Gasteiger partial charge in [-0.15, -0.1) is 0 Å². The second-order valence-corrected chi connectivity index (χ2v) is 14.1. The minimum Gasteiger partial charge on any atom is -0.504 e. The second kappa shape index (κ2) is 12.7. The third kappa shape index (κ3) is 6.45. The predicted octanol–water partition coefficient (Wildman–Crippen LogP) is 6.75. The normalized spacial score (nSPS) is 19.3. The fourth-order valence-corrected chi connectivity index (χ4v) is 7.41. The van der Waals surface area contributed by atoms with Crippen LogP contribution in [0.1, 0.15) is 45.5 Å². The van der Waals surface area contributed by atoms with E-state index in [0.29, 0.717) is 17.2 Å². The first-order valence-electron chi connectivity index (χ1n) is 16.3. The Morgan fingerprint density at radius 2 is 1.09 bits per heavy atom. The smallest absolute Gasteiger partial charge is 0.169 e. The van der Waals surface area contributed by atoms with Gasteiger partial charge in [-0.2, -0.15) is 0 Å². The molecular formula is C39H48N2O6+2. The Labute approximate surface area is 278 Å². The number of likely N-dealkylation sites (N-methyl/N-ethyl adjacent to an activating group) is 2. The molecule has 2 N–H and O–H groups in total. The van der Waals surface area contributed by atoms with Crippen molar-refractivity contribution >= 4 is 0 Å². The molecule has 0 aliphatic carbocycles. The van der Waals surface area contributed by atoms with Crippen LogP contribution >= 0.6 is 0 Å². The van der Waals surface area contributed by atoms with Gasteiger partial charge in [-0.05, 0) is 70.8 Å². The molecule has 6 rings (SSSR count). The van der Waals surface area contributed by atoms with Gasteiger partial charge in [-0.3, -0.25) is 0 Å². The first-order valence-corrected chi connectivity index (χ1v) is 16.3. The Kier molecular flexibility index (Phi) is 8.76. The van der Waals surface area contributed by atoms with Gasteiger partial charge >= 0.3 is 0 Å². The molecule has 0 saturated heterocycles. The summed E-state index contributed by atoms with van der Waals surface area (Å²) in [7, 11) is 14.0. The van der Waals surface area contributed by atoms with Gasteiger partial charge in [-0.25, -0.2) is 0 Å². The Balaban J connectivity index is 1.21. The number of nitrogens with zero attached hydrogens (tertiary/aromatic N) is 2. The molecule has 248 valence electrons. The van der Waals surface area contributed by atoms with Gasteiger partial charge in [0.15, 0.2) is 34.5 Å². The molecule has 0 amide bonds. The molecule has 2 aliphatic rings. The first-order chi connectivity index (χ1) is 22.4. The molecule has 8 heteroatoms. The summed E-state index contributed by atoms with van der Waals surface area (Å²) in [4.78, 5) is 0. The second-order valence-electron chi connectivity index (χ2n) is 14.1. The zero-order chi connectivity index (χ0) is 33.5. The number of phenolic OH excluding ortho intramolecular Hbond substituents is 2. The maximum atomic E-state index is 10.8. The van der Waals surface area contributed by atoms with E-state index in [1.807, 2.05) is 36.4 Å². The number of hydrogen-bond acceptors (Lipinski definition) is 6. The maximum Gasteiger partial charge on any atom is 0.169 e. The topological polar surface area (TPSA) is 77.4 Å². The first kappa shape index (κ1) is 32.5. The van der Waals surface area contributed by atoms with Crippen LogP contribution in [-0.2, 0) is 25.7 Å². The third-order valence-corrected chi connectivity index (χ3v) is 10.4. The molecule has 2 aliphatic heterocycles. The molecule has 2 unspecified atom stereocenters. The lowest BCUT2D eigenvalue weighted by Crippen LogP contribution is -2.48. The number of rotatable bonds is 9. The molecular weight excluding hydrogens is 592 g/mol. The van der Waals surface area contributed by atoms with Crippen LogP contribution in [0.15, 0.2) is 66.7 Å². The average molecular weight is 641 g/mol. The van der Waals surface area contributed by atoms with E-state index in [1.54, 1.807) is 27.4 Å². The molecule has 0 radical (unpaired) electrons. The number of benzene rings is 4. The summed E-state index contributed by atoms with van der Waals surface area (Å²) in [5, 5.41) is 21.4. The molecule has 4 aromatic carbocycles. The van der Waals surface area contributed by atoms with E-state index in [0.717, 1.165) is 70.4 Å². The summed E-state index contributed by atoms with van der Waals surface area (Å²) < 4.78 is 24.6. The van der Waals surface area contributed by atoms with Crippen molar-refractivity contribution in [3.05, 3.63) is 100 Å². The van der Waals surface area contributed by atoms with Crippen molar-refractivity contribution in [3.8, 4) is 40.2 Å². The van der Waals surface area contributed by atoms with E-state index < -0.39 is 0 Å². The van der Waals surface area contributed by atoms with E-state index in [-0.39, 0.29) is 23.6 Å². The summed E-state index contributed by atoms with van der Waals surface area (Å²) in [6, 6.07) is 22.3. The van der Waals surface area contributed by atoms with Gasteiger partial charge in [-0.1, -0.05) is 18.2 Å². The zero-order valence-corrected chi connectivity index (χ0v) is 28.7. The average Bonchev–Trinajstić information content (AvgIpc) is 3.05. The van der Waals surface area contributed by atoms with E-state index in [1.165, 1.54) is 22.3 Å². The van der Waals surface area contributed by atoms with Gasteiger partial charge in [0.1, 0.15) is 17.8 Å². The Bertz CT molecular complexity index is 1760. The van der Waals surface area contributed by atoms with Crippen LogP contribution in [0, 0.1) is 0 Å². The SMILES string of the molecule is COc1cc2c(cc1O)C(Cc1ccc(O)c(Oc3ccc(CC4c5cc(OC)c(OC)cc5CC[N+]4(C)C)cc3)c1)[N+](C)(C)CC2. The Hall–Kier alpha value is -4.40. The highest BCUT2D eigenvalue weighted by molar-refractivity contribution is 5.51. The van der Waals surface area contributed by atoms with Crippen molar-refractivity contribution in [2.24, 2.45) is 0 Å². The molecule has 0 aromatic heterocycles. The van der Waals surface area contributed by atoms with E-state index in [4.69, 9.17) is 18.9 Å². The van der Waals surface area contributed by atoms with Crippen LogP contribution < -0.4 is 18.9 Å². The van der Waals surface area contributed by atoms with Crippen LogP contribution in [-0.4, -0.2) is 81.8 Å². The maximum absolute atomic E-state index is 10.8. The van der Waals surface area contributed by atoms with Crippen molar-refractivity contribution in [1.82, 2.24) is 0 Å². The molecule has 8 nitrogen and oxygen atoms in total. The Morgan fingerprint density at radius 1 is 0.574 bits per heavy atom. The third-order valence-electron chi connectivity index (χ3n) is 10.4. The summed E-state index contributed by atoms with van der Waals surface area (Å²) >= 11 is 0. The monoisotopic (exact) mass is 640 g/mol. The van der Waals surface area contributed by atoms with Crippen LogP contribution in [0.25, 0.3) is 0 Å². The fourth-order valence-electron chi connectivity index (χ4n) is 7.41. The van der Waals surface area contributed by atoms with Crippen molar-refractivity contribution < 1.29 is 38.1 Å². The van der Waals surface area contributed by atoms with E-state index in [9.17, 15) is 10.2 Å². The van der Waals surface area contributed by atoms with Crippen molar-refractivity contribution in [1.29, 1.82) is 0 Å². The van der Waals surface area contributed by atoms with Crippen molar-refractivity contribution in [3.63, 3.8) is 0 Å². The number of quaternary nitrogens is 2. The molecule has 0 fully saturated rings. The van der Waals surface area contributed by atoms with Crippen molar-refractivity contribution in [2.75, 3.05) is 62.6 Å². The van der Waals surface area contributed by atoms with Gasteiger partial charge in [0.2, 0.25) is 0 Å². The van der Waals surface area contributed by atoms with Crippen LogP contribution in [0.3, 0.4) is 0 Å². The van der Waals surface area contributed by atoms with Crippen LogP contribution in [0.4, 0.5) is 0 Å². The van der Waals surface area contributed by atoms with Gasteiger partial charge in [0.05, 0.1) is 62.6 Å². The highest BCUT2D eigenvalue weighted by Gasteiger charge is 2.38. The zero-order valence-electron chi connectivity index (χ0n) is 28.7. The van der Waals surface area contributed by atoms with Crippen LogP contribution in [0.2, 0.25) is 0 Å². The van der Waals surface area contributed by atoms with Gasteiger partial charge < -0.3 is 38.1 Å². The molecule has 2 heterocycles. The van der Waals surface area contributed by atoms with E-state index in [2.05, 4.69) is 52.5 Å². The fraction of sp³-hybridized carbons (Fsp3) is 0.385. The lowest BCUT2D eigenvalue weighted by atomic mass is 9.87. The van der Waals surface area contributed by atoms with Crippen LogP contribution in [0.5, 0.6) is 40.2 Å². The minimum absolute atomic E-state index is 0.0974. The van der Waals surface area contributed by atoms with Crippen molar-refractivity contribution in [2.45, 2.75) is 37.8 Å². The van der Waals surface area contributed by atoms with Gasteiger partial charge in [0.25, 0.3) is 0 Å². The van der Waals surface area contributed by atoms with E-state index >= 15 is 0 Å². The lowest BCUT2D eigenvalue weighted by Gasteiger charge is -2.43. The number of fused-ring (bicyclic) bond motifs is 2. The number of hydrogen-bond donors (Lipinski definition) is 2. The quantitative estimate of drug-likeness (QED) is 0.197. The standard InChI is InChI=1S/C39H46N2O6/c1-40(2)17-15-28-22-38(45-6)39(46-7)24-31(28)32(40)18-25-8-11-29(12-9-25)47-37-20-26(10-13-34(37)42)19-33-30-23-35(43)36(44-5)21-27(30)14-16-41(33,3)4/h8-13,20-24,32-33H,14-19H2,1-7H3/p+2. The molecule has 0 bridgehead atoms. The minimum atomic E-state index is 0.0974. The molecule has 0 spiro atoms. The molecule has 0 saturated carbocycles. The number of aromatic hydroxyl groups is 2. The Morgan fingerprint density at radius 3 is 1.68 bits per heavy atom. The largest absolute Gasteiger partial charge is 0.504 e. The highest BCUT2D eigenvalue weighted by Crippen LogP contribution is 2.44.